The standard InChI is InChI=1S/C15H20N4O4/c1-14(2,3)23-13(20)18-9-15(10-18)7-17(8-15)12-5-4-11(6-16-12)19(21)22/h4-6H,7-10H2,1-3H3. The van der Waals surface area contributed by atoms with Gasteiger partial charge in [0, 0.05) is 37.7 Å². The Morgan fingerprint density at radius 3 is 2.43 bits per heavy atom. The summed E-state index contributed by atoms with van der Waals surface area (Å²) in [5.74, 6) is 0.733. The lowest BCUT2D eigenvalue weighted by molar-refractivity contribution is -0.385. The Labute approximate surface area is 134 Å². The van der Waals surface area contributed by atoms with Crippen molar-refractivity contribution in [2.75, 3.05) is 31.1 Å². The second-order valence-electron chi connectivity index (χ2n) is 7.32. The Morgan fingerprint density at radius 2 is 1.96 bits per heavy atom. The molecule has 8 heteroatoms. The molecule has 1 amide bonds. The van der Waals surface area contributed by atoms with E-state index in [2.05, 4.69) is 9.88 Å². The molecule has 1 spiro atoms. The monoisotopic (exact) mass is 320 g/mol. The quantitative estimate of drug-likeness (QED) is 0.612. The van der Waals surface area contributed by atoms with Gasteiger partial charge in [-0.3, -0.25) is 10.1 Å². The third kappa shape index (κ3) is 3.06. The van der Waals surface area contributed by atoms with Gasteiger partial charge in [0.15, 0.2) is 0 Å². The molecule has 3 heterocycles. The van der Waals surface area contributed by atoms with E-state index in [9.17, 15) is 14.9 Å². The number of anilines is 1. The van der Waals surface area contributed by atoms with Crippen molar-refractivity contribution in [1.82, 2.24) is 9.88 Å². The van der Waals surface area contributed by atoms with Crippen molar-refractivity contribution in [2.45, 2.75) is 26.4 Å². The van der Waals surface area contributed by atoms with Crippen LogP contribution in [0.2, 0.25) is 0 Å². The molecule has 1 aromatic heterocycles. The minimum atomic E-state index is -0.478. The van der Waals surface area contributed by atoms with Crippen LogP contribution >= 0.6 is 0 Å². The molecule has 0 aliphatic carbocycles. The van der Waals surface area contributed by atoms with Gasteiger partial charge in [0.1, 0.15) is 17.6 Å². The number of carbonyl (C=O) groups is 1. The molecule has 0 N–H and O–H groups in total. The Balaban J connectivity index is 1.50. The number of amides is 1. The average Bonchev–Trinajstić information content (AvgIpc) is 2.33. The Morgan fingerprint density at radius 1 is 1.30 bits per heavy atom. The zero-order chi connectivity index (χ0) is 16.8. The molecule has 2 aliphatic rings. The van der Waals surface area contributed by atoms with Gasteiger partial charge >= 0.3 is 6.09 Å². The highest BCUT2D eigenvalue weighted by molar-refractivity contribution is 5.70. The Kier molecular flexibility index (Phi) is 3.42. The molecule has 2 fully saturated rings. The molecule has 3 rings (SSSR count). The molecule has 2 aliphatic heterocycles. The molecule has 23 heavy (non-hydrogen) atoms. The summed E-state index contributed by atoms with van der Waals surface area (Å²) in [7, 11) is 0. The molecular formula is C15H20N4O4. The molecular weight excluding hydrogens is 300 g/mol. The van der Waals surface area contributed by atoms with Gasteiger partial charge in [-0.05, 0) is 26.8 Å². The van der Waals surface area contributed by atoms with E-state index in [0.717, 1.165) is 18.9 Å². The fourth-order valence-corrected chi connectivity index (χ4v) is 3.02. The van der Waals surface area contributed by atoms with Crippen molar-refractivity contribution in [1.29, 1.82) is 0 Å². The number of hydrogen-bond donors (Lipinski definition) is 0. The minimum Gasteiger partial charge on any atom is -0.444 e. The summed E-state index contributed by atoms with van der Waals surface area (Å²) < 4.78 is 5.35. The van der Waals surface area contributed by atoms with Gasteiger partial charge in [-0.2, -0.15) is 0 Å². The van der Waals surface area contributed by atoms with E-state index in [1.165, 1.54) is 12.3 Å². The largest absolute Gasteiger partial charge is 0.444 e. The SMILES string of the molecule is CC(C)(C)OC(=O)N1CC2(C1)CN(c1ccc([N+](=O)[O-])cn1)C2. The van der Waals surface area contributed by atoms with Crippen molar-refractivity contribution in [3.05, 3.63) is 28.4 Å². The van der Waals surface area contributed by atoms with E-state index >= 15 is 0 Å². The fraction of sp³-hybridized carbons (Fsp3) is 0.600. The van der Waals surface area contributed by atoms with Crippen LogP contribution in [0.1, 0.15) is 20.8 Å². The number of hydrogen-bond acceptors (Lipinski definition) is 6. The number of carbonyl (C=O) groups excluding carboxylic acids is 1. The maximum Gasteiger partial charge on any atom is 0.410 e. The molecule has 0 aromatic carbocycles. The molecule has 124 valence electrons. The van der Waals surface area contributed by atoms with Crippen molar-refractivity contribution in [3.63, 3.8) is 0 Å². The molecule has 8 nitrogen and oxygen atoms in total. The van der Waals surface area contributed by atoms with Crippen LogP contribution in [0.5, 0.6) is 0 Å². The van der Waals surface area contributed by atoms with Crippen LogP contribution in [0.4, 0.5) is 16.3 Å². The summed E-state index contributed by atoms with van der Waals surface area (Å²) in [5, 5.41) is 10.6. The van der Waals surface area contributed by atoms with E-state index < -0.39 is 10.5 Å². The third-order valence-electron chi connectivity index (χ3n) is 4.02. The lowest BCUT2D eigenvalue weighted by Gasteiger charge is -2.60. The van der Waals surface area contributed by atoms with E-state index in [-0.39, 0.29) is 17.2 Å². The number of pyridine rings is 1. The zero-order valence-corrected chi connectivity index (χ0v) is 13.5. The van der Waals surface area contributed by atoms with Crippen molar-refractivity contribution in [3.8, 4) is 0 Å². The first-order valence-corrected chi connectivity index (χ1v) is 7.51. The van der Waals surface area contributed by atoms with Gasteiger partial charge in [-0.1, -0.05) is 0 Å². The number of ether oxygens (including phenoxy) is 1. The van der Waals surface area contributed by atoms with E-state index in [4.69, 9.17) is 4.74 Å². The van der Waals surface area contributed by atoms with Gasteiger partial charge in [0.25, 0.3) is 5.69 Å². The van der Waals surface area contributed by atoms with E-state index in [1.54, 1.807) is 11.0 Å². The highest BCUT2D eigenvalue weighted by Crippen LogP contribution is 2.41. The fourth-order valence-electron chi connectivity index (χ4n) is 3.02. The maximum atomic E-state index is 11.9. The van der Waals surface area contributed by atoms with Crippen LogP contribution in [0.3, 0.4) is 0 Å². The molecule has 0 radical (unpaired) electrons. The van der Waals surface area contributed by atoms with Gasteiger partial charge in [-0.25, -0.2) is 9.78 Å². The lowest BCUT2D eigenvalue weighted by Crippen LogP contribution is -2.73. The van der Waals surface area contributed by atoms with Crippen molar-refractivity contribution >= 4 is 17.6 Å². The summed E-state index contributed by atoms with van der Waals surface area (Å²) in [6, 6.07) is 3.12. The van der Waals surface area contributed by atoms with Crippen molar-refractivity contribution in [2.24, 2.45) is 5.41 Å². The van der Waals surface area contributed by atoms with Crippen LogP contribution in [0, 0.1) is 15.5 Å². The highest BCUT2D eigenvalue weighted by Gasteiger charge is 2.54. The minimum absolute atomic E-state index is 0.0104. The van der Waals surface area contributed by atoms with Crippen LogP contribution in [0.15, 0.2) is 18.3 Å². The third-order valence-corrected chi connectivity index (χ3v) is 4.02. The average molecular weight is 320 g/mol. The molecule has 2 saturated heterocycles. The molecule has 0 unspecified atom stereocenters. The van der Waals surface area contributed by atoms with Gasteiger partial charge in [0.2, 0.25) is 0 Å². The van der Waals surface area contributed by atoms with Gasteiger partial charge < -0.3 is 14.5 Å². The normalized spacial score (nSPS) is 19.1. The summed E-state index contributed by atoms with van der Waals surface area (Å²) in [6.07, 6.45) is 1.00. The smallest absolute Gasteiger partial charge is 0.410 e. The van der Waals surface area contributed by atoms with Crippen LogP contribution in [0.25, 0.3) is 0 Å². The summed E-state index contributed by atoms with van der Waals surface area (Å²) in [4.78, 5) is 30.0. The molecule has 1 aromatic rings. The van der Waals surface area contributed by atoms with E-state index in [1.807, 2.05) is 20.8 Å². The first-order chi connectivity index (χ1) is 10.7. The van der Waals surface area contributed by atoms with Crippen molar-refractivity contribution < 1.29 is 14.5 Å². The van der Waals surface area contributed by atoms with Crippen LogP contribution in [-0.4, -0.2) is 52.7 Å². The topological polar surface area (TPSA) is 88.8 Å². The number of rotatable bonds is 2. The number of likely N-dealkylation sites (tertiary alicyclic amines) is 1. The van der Waals surface area contributed by atoms with Gasteiger partial charge in [-0.15, -0.1) is 0 Å². The first kappa shape index (κ1) is 15.5. The summed E-state index contributed by atoms with van der Waals surface area (Å²) in [5.41, 5.74) is -0.377. The molecule has 0 bridgehead atoms. The Bertz CT molecular complexity index is 624. The predicted octanol–water partition coefficient (Wildman–Crippen LogP) is 2.05. The lowest BCUT2D eigenvalue weighted by atomic mass is 9.73. The molecule has 0 saturated carbocycles. The number of nitro groups is 1. The van der Waals surface area contributed by atoms with Crippen LogP contribution < -0.4 is 4.90 Å². The van der Waals surface area contributed by atoms with Crippen LogP contribution in [-0.2, 0) is 4.74 Å². The number of nitrogens with zero attached hydrogens (tertiary/aromatic N) is 4. The van der Waals surface area contributed by atoms with E-state index in [0.29, 0.717) is 13.1 Å². The Hall–Kier alpha value is -2.38. The second-order valence-corrected chi connectivity index (χ2v) is 7.32. The number of aromatic nitrogens is 1. The highest BCUT2D eigenvalue weighted by atomic mass is 16.6. The first-order valence-electron chi connectivity index (χ1n) is 7.51. The summed E-state index contributed by atoms with van der Waals surface area (Å²) >= 11 is 0. The van der Waals surface area contributed by atoms with Gasteiger partial charge in [0.05, 0.1) is 4.92 Å². The zero-order valence-electron chi connectivity index (χ0n) is 13.5. The summed E-state index contributed by atoms with van der Waals surface area (Å²) in [6.45, 7) is 8.54. The molecule has 0 atom stereocenters. The predicted molar refractivity (Wildman–Crippen MR) is 83.3 cm³/mol. The second kappa shape index (κ2) is 5.07. The maximum absolute atomic E-state index is 11.9.